The lowest BCUT2D eigenvalue weighted by Gasteiger charge is -2.34. The van der Waals surface area contributed by atoms with Gasteiger partial charge in [-0.3, -0.25) is 14.1 Å². The van der Waals surface area contributed by atoms with E-state index in [1.54, 1.807) is 51.1 Å². The molecule has 0 radical (unpaired) electrons. The van der Waals surface area contributed by atoms with Crippen LogP contribution < -0.4 is 14.2 Å². The van der Waals surface area contributed by atoms with Crippen LogP contribution in [0.2, 0.25) is 0 Å². The quantitative estimate of drug-likeness (QED) is 0.380. The van der Waals surface area contributed by atoms with Crippen LogP contribution in [0, 0.1) is 11.3 Å². The van der Waals surface area contributed by atoms with Crippen molar-refractivity contribution < 1.29 is 27.1 Å². The molecule has 1 aliphatic rings. The number of amides is 1. The van der Waals surface area contributed by atoms with E-state index in [2.05, 4.69) is 14.9 Å². The maximum Gasteiger partial charge on any atom is 0.243 e. The zero-order chi connectivity index (χ0) is 27.0. The molecule has 3 aromatic rings. The van der Waals surface area contributed by atoms with E-state index in [0.29, 0.717) is 35.1 Å². The third kappa shape index (κ3) is 4.78. The first-order valence-electron chi connectivity index (χ1n) is 11.6. The van der Waals surface area contributed by atoms with Crippen LogP contribution in [0.4, 0.5) is 5.95 Å². The molecule has 2 aromatic heterocycles. The van der Waals surface area contributed by atoms with Crippen LogP contribution in [-0.4, -0.2) is 71.8 Å². The molecule has 13 heteroatoms. The van der Waals surface area contributed by atoms with Crippen LogP contribution in [0.3, 0.4) is 0 Å². The van der Waals surface area contributed by atoms with Gasteiger partial charge in [-0.25, -0.2) is 8.42 Å². The topological polar surface area (TPSA) is 153 Å². The Hall–Kier alpha value is -3.87. The number of nitrogens with one attached hydrogen (secondary N) is 2. The van der Waals surface area contributed by atoms with Crippen molar-refractivity contribution in [2.45, 2.75) is 32.7 Å². The van der Waals surface area contributed by atoms with Crippen LogP contribution in [-0.2, 0) is 14.8 Å². The number of aromatic nitrogens is 3. The van der Waals surface area contributed by atoms with Gasteiger partial charge in [0.25, 0.3) is 0 Å². The minimum absolute atomic E-state index is 0.0810. The molecular formula is C24H30N6O6S. The molecule has 2 N–H and O–H groups in total. The lowest BCUT2D eigenvalue weighted by atomic mass is 9.90. The fourth-order valence-corrected chi connectivity index (χ4v) is 5.53. The van der Waals surface area contributed by atoms with E-state index in [1.165, 1.54) is 29.9 Å². The van der Waals surface area contributed by atoms with Crippen molar-refractivity contribution in [3.8, 4) is 28.8 Å². The third-order valence-electron chi connectivity index (χ3n) is 6.66. The molecule has 0 saturated carbocycles. The summed E-state index contributed by atoms with van der Waals surface area (Å²) in [6, 6.07) is 8.47. The van der Waals surface area contributed by atoms with Gasteiger partial charge in [-0.2, -0.15) is 0 Å². The van der Waals surface area contributed by atoms with Crippen molar-refractivity contribution in [3.05, 3.63) is 36.6 Å². The number of carbonyl (C=O) groups is 1. The van der Waals surface area contributed by atoms with Crippen LogP contribution in [0.1, 0.15) is 27.2 Å². The number of furan rings is 1. The summed E-state index contributed by atoms with van der Waals surface area (Å²) in [4.78, 5) is 14.2. The minimum Gasteiger partial charge on any atom is -0.494 e. The molecule has 1 aliphatic heterocycles. The lowest BCUT2D eigenvalue weighted by molar-refractivity contribution is -0.131. The Bertz CT molecular complexity index is 1400. The number of rotatable bonds is 10. The summed E-state index contributed by atoms with van der Waals surface area (Å²) in [5.74, 6) is 0.370. The number of sulfonamides is 1. The van der Waals surface area contributed by atoms with Gasteiger partial charge in [-0.15, -0.1) is 10.2 Å². The van der Waals surface area contributed by atoms with Crippen molar-refractivity contribution in [1.82, 2.24) is 19.7 Å². The smallest absolute Gasteiger partial charge is 0.243 e. The number of para-hydroxylation sites is 1. The van der Waals surface area contributed by atoms with Crippen LogP contribution in [0.25, 0.3) is 17.3 Å². The number of likely N-dealkylation sites (tertiary alicyclic amines) is 1. The summed E-state index contributed by atoms with van der Waals surface area (Å²) in [5, 5.41) is 16.4. The van der Waals surface area contributed by atoms with Gasteiger partial charge in [-0.1, -0.05) is 13.0 Å². The van der Waals surface area contributed by atoms with Crippen molar-refractivity contribution >= 4 is 27.6 Å². The van der Waals surface area contributed by atoms with Crippen molar-refractivity contribution in [3.63, 3.8) is 0 Å². The van der Waals surface area contributed by atoms with Gasteiger partial charge in [0.05, 0.1) is 31.8 Å². The summed E-state index contributed by atoms with van der Waals surface area (Å²) in [6.07, 6.45) is 1.93. The van der Waals surface area contributed by atoms with E-state index in [-0.39, 0.29) is 30.1 Å². The van der Waals surface area contributed by atoms with Gasteiger partial charge in [-0.05, 0) is 44.5 Å². The van der Waals surface area contributed by atoms with E-state index in [0.717, 1.165) is 0 Å². The number of nitrogens with zero attached hydrogens (tertiary/aromatic N) is 4. The summed E-state index contributed by atoms with van der Waals surface area (Å²) in [6.45, 7) is 5.12. The van der Waals surface area contributed by atoms with E-state index in [9.17, 15) is 13.2 Å². The maximum atomic E-state index is 13.2. The summed E-state index contributed by atoms with van der Waals surface area (Å²) < 4.78 is 47.0. The highest BCUT2D eigenvalue weighted by Crippen LogP contribution is 2.38. The molecule has 0 unspecified atom stereocenters. The highest BCUT2D eigenvalue weighted by Gasteiger charge is 2.47. The Morgan fingerprint density at radius 2 is 1.89 bits per heavy atom. The van der Waals surface area contributed by atoms with Gasteiger partial charge in [0.1, 0.15) is 17.2 Å². The molecule has 0 bridgehead atoms. The fraction of sp³-hybridized carbons (Fsp3) is 0.417. The molecule has 37 heavy (non-hydrogen) atoms. The minimum atomic E-state index is -4.01. The Labute approximate surface area is 215 Å². The average Bonchev–Trinajstić information content (AvgIpc) is 3.57. The van der Waals surface area contributed by atoms with Crippen LogP contribution >= 0.6 is 0 Å². The first kappa shape index (κ1) is 26.2. The highest BCUT2D eigenvalue weighted by molar-refractivity contribution is 7.92. The molecule has 1 saturated heterocycles. The largest absolute Gasteiger partial charge is 0.494 e. The number of ether oxygens (including phenoxy) is 2. The predicted molar refractivity (Wildman–Crippen MR) is 137 cm³/mol. The number of anilines is 1. The van der Waals surface area contributed by atoms with E-state index >= 15 is 0 Å². The van der Waals surface area contributed by atoms with Crippen molar-refractivity contribution in [2.75, 3.05) is 31.2 Å². The Morgan fingerprint density at radius 1 is 1.22 bits per heavy atom. The number of methoxy groups -OCH3 is 2. The van der Waals surface area contributed by atoms with Crippen LogP contribution in [0.5, 0.6) is 11.5 Å². The number of hydrogen-bond acceptors (Lipinski definition) is 9. The summed E-state index contributed by atoms with van der Waals surface area (Å²) in [5.41, 5.74) is -0.151. The van der Waals surface area contributed by atoms with Crippen LogP contribution in [0.15, 0.2) is 41.0 Å². The fourth-order valence-electron chi connectivity index (χ4n) is 4.60. The second-order valence-corrected chi connectivity index (χ2v) is 10.9. The van der Waals surface area contributed by atoms with Gasteiger partial charge in [0.15, 0.2) is 5.76 Å². The number of carbonyl (C=O) groups excluding carboxylic acids is 1. The molecule has 12 nitrogen and oxygen atoms in total. The average molecular weight is 531 g/mol. The summed E-state index contributed by atoms with van der Waals surface area (Å²) in [7, 11) is -1.05. The number of hydrogen-bond donors (Lipinski definition) is 2. The molecule has 1 fully saturated rings. The standard InChI is InChI=1S/C24H30N6O6S/c1-15-14-24(3,16(2)25)29(22(15)31)11-13-37(32,33)28-23-27-26-21(19-10-7-12-36-19)30(23)20-17(34-4)8-6-9-18(20)35-5/h6-10,12,15,25H,11,13-14H2,1-5H3,(H,27,28)/t15-,24-/m0/s1. The molecule has 198 valence electrons. The molecule has 3 heterocycles. The SMILES string of the molecule is COc1cccc(OC)c1-n1c(NS(=O)(=O)CCN2C(=O)[C@@H](C)C[C@@]2(C)C(C)=N)nnc1-c1ccco1. The molecular weight excluding hydrogens is 500 g/mol. The van der Waals surface area contributed by atoms with E-state index < -0.39 is 21.3 Å². The van der Waals surface area contributed by atoms with Gasteiger partial charge < -0.3 is 24.2 Å². The van der Waals surface area contributed by atoms with Crippen molar-refractivity contribution in [2.24, 2.45) is 5.92 Å². The first-order chi connectivity index (χ1) is 17.5. The normalized spacial score (nSPS) is 19.8. The summed E-state index contributed by atoms with van der Waals surface area (Å²) >= 11 is 0. The van der Waals surface area contributed by atoms with Gasteiger partial charge >= 0.3 is 0 Å². The molecule has 1 amide bonds. The number of benzene rings is 1. The molecule has 0 spiro atoms. The Kier molecular flexibility index (Phi) is 7.00. The second-order valence-electron chi connectivity index (χ2n) is 9.09. The van der Waals surface area contributed by atoms with E-state index in [4.69, 9.17) is 19.3 Å². The molecule has 1 aromatic carbocycles. The maximum absolute atomic E-state index is 13.2. The lowest BCUT2D eigenvalue weighted by Crippen LogP contribution is -2.50. The monoisotopic (exact) mass is 530 g/mol. The van der Waals surface area contributed by atoms with Gasteiger partial charge in [0.2, 0.25) is 27.7 Å². The highest BCUT2D eigenvalue weighted by atomic mass is 32.2. The zero-order valence-corrected chi connectivity index (χ0v) is 22.1. The second kappa shape index (κ2) is 9.88. The predicted octanol–water partition coefficient (Wildman–Crippen LogP) is 2.95. The van der Waals surface area contributed by atoms with E-state index in [1.807, 2.05) is 0 Å². The van der Waals surface area contributed by atoms with Gasteiger partial charge in [0, 0.05) is 18.2 Å². The molecule has 0 aliphatic carbocycles. The molecule has 2 atom stereocenters. The first-order valence-corrected chi connectivity index (χ1v) is 13.3. The Morgan fingerprint density at radius 3 is 2.46 bits per heavy atom. The third-order valence-corrected chi connectivity index (χ3v) is 7.87. The molecule has 4 rings (SSSR count). The Balaban J connectivity index is 1.71. The van der Waals surface area contributed by atoms with Crippen molar-refractivity contribution in [1.29, 1.82) is 5.41 Å². The zero-order valence-electron chi connectivity index (χ0n) is 21.3.